The number of nitrogens with zero attached hydrogens (tertiary/aromatic N) is 1. The van der Waals surface area contributed by atoms with Gasteiger partial charge in [-0.25, -0.2) is 13.4 Å². The average molecular weight is 367 g/mol. The summed E-state index contributed by atoms with van der Waals surface area (Å²) in [5.74, 6) is 1.20. The SMILES string of the molecule is Cc1sc(C2CCNCC2)nc1COc1ccc(S(C)(=O)=O)cc1. The lowest BCUT2D eigenvalue weighted by atomic mass is 9.99. The number of aromatic nitrogens is 1. The number of nitrogens with one attached hydrogen (secondary N) is 1. The number of benzene rings is 1. The molecule has 5 nitrogen and oxygen atoms in total. The van der Waals surface area contributed by atoms with Crippen LogP contribution in [0, 0.1) is 6.92 Å². The van der Waals surface area contributed by atoms with E-state index in [-0.39, 0.29) is 0 Å². The third-order valence-corrected chi connectivity index (χ3v) is 6.53. The zero-order valence-corrected chi connectivity index (χ0v) is 15.5. The number of hydrogen-bond donors (Lipinski definition) is 1. The molecule has 2 heterocycles. The molecule has 0 atom stereocenters. The molecule has 1 aromatic heterocycles. The fourth-order valence-electron chi connectivity index (χ4n) is 2.76. The van der Waals surface area contributed by atoms with Gasteiger partial charge < -0.3 is 10.1 Å². The van der Waals surface area contributed by atoms with Crippen molar-refractivity contribution in [3.63, 3.8) is 0 Å². The van der Waals surface area contributed by atoms with Crippen molar-refractivity contribution in [1.29, 1.82) is 0 Å². The van der Waals surface area contributed by atoms with E-state index in [1.807, 2.05) is 0 Å². The Hall–Kier alpha value is -1.44. The van der Waals surface area contributed by atoms with Crippen LogP contribution < -0.4 is 10.1 Å². The number of aryl methyl sites for hydroxylation is 1. The summed E-state index contributed by atoms with van der Waals surface area (Å²) < 4.78 is 28.7. The maximum atomic E-state index is 11.5. The minimum absolute atomic E-state index is 0.299. The van der Waals surface area contributed by atoms with Crippen LogP contribution in [0.15, 0.2) is 29.2 Å². The Morgan fingerprint density at radius 2 is 1.92 bits per heavy atom. The van der Waals surface area contributed by atoms with Gasteiger partial charge in [0.25, 0.3) is 0 Å². The highest BCUT2D eigenvalue weighted by Crippen LogP contribution is 2.31. The molecule has 0 saturated carbocycles. The second-order valence-corrected chi connectivity index (χ2v) is 9.36. The molecule has 0 bridgehead atoms. The van der Waals surface area contributed by atoms with Crippen LogP contribution in [0.4, 0.5) is 0 Å². The summed E-state index contributed by atoms with van der Waals surface area (Å²) in [6.45, 7) is 4.60. The molecule has 7 heteroatoms. The molecule has 2 aromatic rings. The Bertz CT molecular complexity index is 792. The number of hydrogen-bond acceptors (Lipinski definition) is 6. The Kier molecular flexibility index (Phi) is 5.22. The van der Waals surface area contributed by atoms with Gasteiger partial charge in [0.15, 0.2) is 9.84 Å². The zero-order chi connectivity index (χ0) is 17.2. The molecular weight excluding hydrogens is 344 g/mol. The van der Waals surface area contributed by atoms with Gasteiger partial charge in [0.1, 0.15) is 12.4 Å². The number of piperidine rings is 1. The summed E-state index contributed by atoms with van der Waals surface area (Å²) in [5, 5.41) is 4.59. The van der Waals surface area contributed by atoms with Crippen molar-refractivity contribution in [1.82, 2.24) is 10.3 Å². The maximum Gasteiger partial charge on any atom is 0.175 e. The lowest BCUT2D eigenvalue weighted by Crippen LogP contribution is -2.26. The quantitative estimate of drug-likeness (QED) is 0.881. The van der Waals surface area contributed by atoms with E-state index in [0.717, 1.165) is 31.6 Å². The van der Waals surface area contributed by atoms with Crippen molar-refractivity contribution in [3.8, 4) is 5.75 Å². The highest BCUT2D eigenvalue weighted by molar-refractivity contribution is 7.90. The van der Waals surface area contributed by atoms with Crippen LogP contribution >= 0.6 is 11.3 Å². The van der Waals surface area contributed by atoms with E-state index in [0.29, 0.717) is 23.2 Å². The number of rotatable bonds is 5. The molecule has 0 aliphatic carbocycles. The largest absolute Gasteiger partial charge is 0.487 e. The third-order valence-electron chi connectivity index (χ3n) is 4.23. The first-order valence-electron chi connectivity index (χ1n) is 8.03. The van der Waals surface area contributed by atoms with Crippen LogP contribution in [0.25, 0.3) is 0 Å². The molecule has 24 heavy (non-hydrogen) atoms. The fourth-order valence-corrected chi connectivity index (χ4v) is 4.49. The van der Waals surface area contributed by atoms with Crippen LogP contribution in [-0.2, 0) is 16.4 Å². The van der Waals surface area contributed by atoms with Gasteiger partial charge in [-0.1, -0.05) is 0 Å². The molecule has 3 rings (SSSR count). The first kappa shape index (κ1) is 17.4. The number of sulfone groups is 1. The summed E-state index contributed by atoms with van der Waals surface area (Å²) in [7, 11) is -3.17. The monoisotopic (exact) mass is 366 g/mol. The molecule has 1 aliphatic rings. The van der Waals surface area contributed by atoms with E-state index < -0.39 is 9.84 Å². The Balaban J connectivity index is 1.65. The second-order valence-electron chi connectivity index (χ2n) is 6.11. The number of thiazole rings is 1. The summed E-state index contributed by atoms with van der Waals surface area (Å²) in [6.07, 6.45) is 3.48. The first-order chi connectivity index (χ1) is 11.4. The smallest absolute Gasteiger partial charge is 0.175 e. The van der Waals surface area contributed by atoms with Crippen LogP contribution in [0.1, 0.15) is 34.3 Å². The molecule has 0 radical (unpaired) electrons. The van der Waals surface area contributed by atoms with Gasteiger partial charge in [0, 0.05) is 17.1 Å². The lowest BCUT2D eigenvalue weighted by molar-refractivity contribution is 0.300. The third kappa shape index (κ3) is 4.15. The fraction of sp³-hybridized carbons (Fsp3) is 0.471. The van der Waals surface area contributed by atoms with Gasteiger partial charge >= 0.3 is 0 Å². The van der Waals surface area contributed by atoms with Crippen molar-refractivity contribution in [2.24, 2.45) is 0 Å². The summed E-state index contributed by atoms with van der Waals surface area (Å²) in [6, 6.07) is 6.51. The predicted octanol–water partition coefficient (Wildman–Crippen LogP) is 2.90. The van der Waals surface area contributed by atoms with E-state index in [4.69, 9.17) is 9.72 Å². The molecule has 0 unspecified atom stereocenters. The Morgan fingerprint density at radius 1 is 1.25 bits per heavy atom. The van der Waals surface area contributed by atoms with Crippen molar-refractivity contribution < 1.29 is 13.2 Å². The minimum Gasteiger partial charge on any atom is -0.487 e. The normalized spacial score (nSPS) is 16.2. The lowest BCUT2D eigenvalue weighted by Gasteiger charge is -2.20. The second kappa shape index (κ2) is 7.21. The van der Waals surface area contributed by atoms with Crippen LogP contribution in [0.3, 0.4) is 0 Å². The van der Waals surface area contributed by atoms with Crippen molar-refractivity contribution in [2.75, 3.05) is 19.3 Å². The van der Waals surface area contributed by atoms with Crippen LogP contribution in [-0.4, -0.2) is 32.7 Å². The van der Waals surface area contributed by atoms with Crippen LogP contribution in [0.5, 0.6) is 5.75 Å². The molecule has 0 spiro atoms. The van der Waals surface area contributed by atoms with Gasteiger partial charge in [0.05, 0.1) is 15.6 Å². The van der Waals surface area contributed by atoms with Crippen LogP contribution in [0.2, 0.25) is 0 Å². The average Bonchev–Trinajstić information content (AvgIpc) is 2.94. The molecule has 1 aliphatic heterocycles. The van der Waals surface area contributed by atoms with Gasteiger partial charge in [0.2, 0.25) is 0 Å². The standard InChI is InChI=1S/C17H22N2O3S2/c1-12-16(19-17(23-12)13-7-9-18-10-8-13)11-22-14-3-5-15(6-4-14)24(2,20)21/h3-6,13,18H,7-11H2,1-2H3. The van der Waals surface area contributed by atoms with E-state index in [9.17, 15) is 8.42 Å². The number of ether oxygens (including phenoxy) is 1. The summed E-state index contributed by atoms with van der Waals surface area (Å²) in [4.78, 5) is 6.27. The molecule has 1 N–H and O–H groups in total. The molecule has 0 amide bonds. The maximum absolute atomic E-state index is 11.5. The summed E-state index contributed by atoms with van der Waals surface area (Å²) in [5.41, 5.74) is 0.973. The molecular formula is C17H22N2O3S2. The predicted molar refractivity (Wildman–Crippen MR) is 95.6 cm³/mol. The molecule has 1 saturated heterocycles. The topological polar surface area (TPSA) is 68.3 Å². The van der Waals surface area contributed by atoms with E-state index >= 15 is 0 Å². The van der Waals surface area contributed by atoms with E-state index in [1.165, 1.54) is 16.1 Å². The highest BCUT2D eigenvalue weighted by Gasteiger charge is 2.20. The summed E-state index contributed by atoms with van der Waals surface area (Å²) >= 11 is 1.76. The van der Waals surface area contributed by atoms with Crippen molar-refractivity contribution >= 4 is 21.2 Å². The zero-order valence-electron chi connectivity index (χ0n) is 13.9. The van der Waals surface area contributed by atoms with E-state index in [1.54, 1.807) is 35.6 Å². The minimum atomic E-state index is -3.17. The molecule has 1 aromatic carbocycles. The van der Waals surface area contributed by atoms with Gasteiger partial charge in [-0.15, -0.1) is 11.3 Å². The van der Waals surface area contributed by atoms with Gasteiger partial charge in [-0.3, -0.25) is 0 Å². The van der Waals surface area contributed by atoms with Gasteiger partial charge in [-0.2, -0.15) is 0 Å². The Labute approximate surface area is 147 Å². The van der Waals surface area contributed by atoms with Crippen molar-refractivity contribution in [2.45, 2.75) is 37.2 Å². The first-order valence-corrected chi connectivity index (χ1v) is 10.7. The molecule has 1 fully saturated rings. The highest BCUT2D eigenvalue weighted by atomic mass is 32.2. The van der Waals surface area contributed by atoms with Crippen molar-refractivity contribution in [3.05, 3.63) is 39.8 Å². The van der Waals surface area contributed by atoms with E-state index in [2.05, 4.69) is 12.2 Å². The molecule has 130 valence electrons. The Morgan fingerprint density at radius 3 is 2.54 bits per heavy atom. The van der Waals surface area contributed by atoms with Gasteiger partial charge in [-0.05, 0) is 57.1 Å².